The number of aliphatic hydroxyl groups excluding tert-OH is 1. The van der Waals surface area contributed by atoms with Gasteiger partial charge in [-0.3, -0.25) is 9.69 Å². The van der Waals surface area contributed by atoms with Gasteiger partial charge in [0.15, 0.2) is 0 Å². The van der Waals surface area contributed by atoms with Crippen LogP contribution < -0.4 is 0 Å². The summed E-state index contributed by atoms with van der Waals surface area (Å²) < 4.78 is 5.67. The van der Waals surface area contributed by atoms with Crippen LogP contribution in [-0.2, 0) is 16.1 Å². The zero-order valence-electron chi connectivity index (χ0n) is 14.4. The summed E-state index contributed by atoms with van der Waals surface area (Å²) in [7, 11) is 0. The van der Waals surface area contributed by atoms with Crippen LogP contribution in [0.1, 0.15) is 31.7 Å². The van der Waals surface area contributed by atoms with Gasteiger partial charge in [-0.1, -0.05) is 36.8 Å². The number of aliphatic hydroxyl groups is 1. The predicted octanol–water partition coefficient (Wildman–Crippen LogP) is 1.65. The highest BCUT2D eigenvalue weighted by atomic mass is 16.5. The molecule has 3 rings (SSSR count). The fourth-order valence-electron chi connectivity index (χ4n) is 3.81. The highest BCUT2D eigenvalue weighted by molar-refractivity contribution is 5.82. The topological polar surface area (TPSA) is 53.0 Å². The molecule has 2 aliphatic rings. The van der Waals surface area contributed by atoms with E-state index in [1.165, 1.54) is 5.56 Å². The Labute approximate surface area is 144 Å². The monoisotopic (exact) mass is 332 g/mol. The van der Waals surface area contributed by atoms with Gasteiger partial charge in [0.25, 0.3) is 0 Å². The van der Waals surface area contributed by atoms with E-state index in [0.29, 0.717) is 13.1 Å². The quantitative estimate of drug-likeness (QED) is 0.911. The number of rotatable bonds is 4. The largest absolute Gasteiger partial charge is 0.394 e. The van der Waals surface area contributed by atoms with Crippen LogP contribution in [0.25, 0.3) is 0 Å². The van der Waals surface area contributed by atoms with Crippen LogP contribution in [0, 0.1) is 0 Å². The number of piperidine rings is 1. The summed E-state index contributed by atoms with van der Waals surface area (Å²) in [4.78, 5) is 17.3. The molecule has 2 fully saturated rings. The van der Waals surface area contributed by atoms with E-state index < -0.39 is 0 Å². The van der Waals surface area contributed by atoms with Gasteiger partial charge >= 0.3 is 0 Å². The van der Waals surface area contributed by atoms with E-state index >= 15 is 0 Å². The van der Waals surface area contributed by atoms with Gasteiger partial charge in [0.2, 0.25) is 5.91 Å². The average molecular weight is 332 g/mol. The van der Waals surface area contributed by atoms with E-state index in [9.17, 15) is 9.90 Å². The summed E-state index contributed by atoms with van der Waals surface area (Å²) in [5.74, 6) is 0.194. The van der Waals surface area contributed by atoms with Crippen molar-refractivity contribution in [1.82, 2.24) is 9.80 Å². The van der Waals surface area contributed by atoms with Gasteiger partial charge < -0.3 is 14.7 Å². The number of nitrogens with zero attached hydrogens (tertiary/aromatic N) is 2. The Morgan fingerprint density at radius 1 is 1.25 bits per heavy atom. The molecule has 3 atom stereocenters. The maximum Gasteiger partial charge on any atom is 0.240 e. The van der Waals surface area contributed by atoms with Crippen molar-refractivity contribution >= 4 is 5.91 Å². The second kappa shape index (κ2) is 8.10. The molecule has 5 heteroatoms. The van der Waals surface area contributed by atoms with Gasteiger partial charge in [0.1, 0.15) is 0 Å². The van der Waals surface area contributed by atoms with Crippen LogP contribution in [0.15, 0.2) is 30.3 Å². The van der Waals surface area contributed by atoms with Crippen LogP contribution in [0.2, 0.25) is 0 Å². The van der Waals surface area contributed by atoms with Gasteiger partial charge in [-0.25, -0.2) is 0 Å². The molecule has 0 unspecified atom stereocenters. The SMILES string of the molecule is C[C@@H]1CN(C(=O)[C@@H]2CCCCN2Cc2ccccc2)C[C@@H](CO)O1. The highest BCUT2D eigenvalue weighted by Crippen LogP contribution is 2.23. The number of hydrogen-bond donors (Lipinski definition) is 1. The Balaban J connectivity index is 1.69. The van der Waals surface area contributed by atoms with Crippen LogP contribution in [0.3, 0.4) is 0 Å². The molecule has 1 aromatic carbocycles. The third-order valence-corrected chi connectivity index (χ3v) is 4.97. The zero-order valence-corrected chi connectivity index (χ0v) is 14.4. The summed E-state index contributed by atoms with van der Waals surface area (Å²) in [6.07, 6.45) is 2.89. The third-order valence-electron chi connectivity index (χ3n) is 4.97. The molecular weight excluding hydrogens is 304 g/mol. The molecule has 0 aliphatic carbocycles. The van der Waals surface area contributed by atoms with E-state index in [-0.39, 0.29) is 30.8 Å². The van der Waals surface area contributed by atoms with Crippen molar-refractivity contribution in [2.24, 2.45) is 0 Å². The van der Waals surface area contributed by atoms with Crippen molar-refractivity contribution in [3.05, 3.63) is 35.9 Å². The predicted molar refractivity (Wildman–Crippen MR) is 92.5 cm³/mol. The summed E-state index contributed by atoms with van der Waals surface area (Å²) in [5, 5.41) is 9.39. The Bertz CT molecular complexity index is 537. The Morgan fingerprint density at radius 3 is 2.79 bits per heavy atom. The first kappa shape index (κ1) is 17.4. The lowest BCUT2D eigenvalue weighted by Gasteiger charge is -2.41. The zero-order chi connectivity index (χ0) is 16.9. The first-order valence-electron chi connectivity index (χ1n) is 9.00. The molecule has 0 aromatic heterocycles. The minimum absolute atomic E-state index is 0.0222. The van der Waals surface area contributed by atoms with Gasteiger partial charge in [-0.2, -0.15) is 0 Å². The minimum Gasteiger partial charge on any atom is -0.394 e. The lowest BCUT2D eigenvalue weighted by atomic mass is 9.99. The molecule has 0 bridgehead atoms. The fourth-order valence-corrected chi connectivity index (χ4v) is 3.81. The van der Waals surface area contributed by atoms with Crippen molar-refractivity contribution < 1.29 is 14.6 Å². The standard InChI is InChI=1S/C19H28N2O3/c1-15-11-21(13-17(14-22)24-15)19(23)18-9-5-6-10-20(18)12-16-7-3-2-4-8-16/h2-4,7-8,15,17-18,22H,5-6,9-14H2,1H3/t15-,17+,18+/m1/s1. The molecule has 1 aromatic rings. The molecule has 0 saturated carbocycles. The van der Waals surface area contributed by atoms with E-state index in [0.717, 1.165) is 32.4 Å². The number of hydrogen-bond acceptors (Lipinski definition) is 4. The Kier molecular flexibility index (Phi) is 5.87. The molecule has 2 saturated heterocycles. The number of carbonyl (C=O) groups is 1. The lowest BCUT2D eigenvalue weighted by Crippen LogP contribution is -2.57. The third kappa shape index (κ3) is 4.15. The van der Waals surface area contributed by atoms with Crippen molar-refractivity contribution in [2.75, 3.05) is 26.2 Å². The molecule has 132 valence electrons. The van der Waals surface area contributed by atoms with E-state index in [1.807, 2.05) is 30.0 Å². The van der Waals surface area contributed by atoms with Crippen molar-refractivity contribution in [3.8, 4) is 0 Å². The van der Waals surface area contributed by atoms with E-state index in [2.05, 4.69) is 17.0 Å². The lowest BCUT2D eigenvalue weighted by molar-refractivity contribution is -0.153. The second-order valence-corrected chi connectivity index (χ2v) is 6.96. The highest BCUT2D eigenvalue weighted by Gasteiger charge is 2.35. The maximum absolute atomic E-state index is 13.1. The van der Waals surface area contributed by atoms with Crippen LogP contribution >= 0.6 is 0 Å². The van der Waals surface area contributed by atoms with Crippen molar-refractivity contribution in [3.63, 3.8) is 0 Å². The average Bonchev–Trinajstić information content (AvgIpc) is 2.62. The van der Waals surface area contributed by atoms with Gasteiger partial charge in [0.05, 0.1) is 24.9 Å². The van der Waals surface area contributed by atoms with E-state index in [1.54, 1.807) is 0 Å². The number of morpholine rings is 1. The molecule has 0 radical (unpaired) electrons. The molecule has 0 spiro atoms. The first-order valence-corrected chi connectivity index (χ1v) is 9.00. The number of carbonyl (C=O) groups excluding carboxylic acids is 1. The van der Waals surface area contributed by atoms with Crippen molar-refractivity contribution in [1.29, 1.82) is 0 Å². The maximum atomic E-state index is 13.1. The summed E-state index contributed by atoms with van der Waals surface area (Å²) >= 11 is 0. The fraction of sp³-hybridized carbons (Fsp3) is 0.632. The van der Waals surface area contributed by atoms with Crippen LogP contribution in [-0.4, -0.2) is 65.3 Å². The van der Waals surface area contributed by atoms with Crippen LogP contribution in [0.5, 0.6) is 0 Å². The number of ether oxygens (including phenoxy) is 1. The molecular formula is C19H28N2O3. The summed E-state index contributed by atoms with van der Waals surface area (Å²) in [6, 6.07) is 10.3. The smallest absolute Gasteiger partial charge is 0.240 e. The minimum atomic E-state index is -0.260. The second-order valence-electron chi connectivity index (χ2n) is 6.96. The Morgan fingerprint density at radius 2 is 2.04 bits per heavy atom. The number of likely N-dealkylation sites (tertiary alicyclic amines) is 1. The van der Waals surface area contributed by atoms with Crippen molar-refractivity contribution in [2.45, 2.75) is 51.0 Å². The molecule has 1 amide bonds. The van der Waals surface area contributed by atoms with Gasteiger partial charge in [-0.15, -0.1) is 0 Å². The Hall–Kier alpha value is -1.43. The summed E-state index contributed by atoms with van der Waals surface area (Å²) in [5.41, 5.74) is 1.25. The van der Waals surface area contributed by atoms with E-state index in [4.69, 9.17) is 4.74 Å². The summed E-state index contributed by atoms with van der Waals surface area (Å²) in [6.45, 7) is 4.83. The molecule has 2 heterocycles. The normalized spacial score (nSPS) is 28.8. The molecule has 24 heavy (non-hydrogen) atoms. The number of amides is 1. The number of benzene rings is 1. The van der Waals surface area contributed by atoms with Gasteiger partial charge in [0, 0.05) is 19.6 Å². The van der Waals surface area contributed by atoms with Crippen LogP contribution in [0.4, 0.5) is 0 Å². The molecule has 5 nitrogen and oxygen atoms in total. The first-order chi connectivity index (χ1) is 11.7. The molecule has 1 N–H and O–H groups in total. The van der Waals surface area contributed by atoms with Gasteiger partial charge in [-0.05, 0) is 31.9 Å². The molecule has 2 aliphatic heterocycles.